The van der Waals surface area contributed by atoms with Crippen LogP contribution < -0.4 is 4.65 Å². The number of benzene rings is 2. The van der Waals surface area contributed by atoms with Gasteiger partial charge < -0.3 is 5.21 Å². The van der Waals surface area contributed by atoms with Crippen molar-refractivity contribution >= 4 is 16.9 Å². The summed E-state index contributed by atoms with van der Waals surface area (Å²) in [6, 6.07) is 17.5. The van der Waals surface area contributed by atoms with Crippen molar-refractivity contribution in [3.63, 3.8) is 0 Å². The van der Waals surface area contributed by atoms with Crippen LogP contribution in [-0.2, 0) is 0 Å². The van der Waals surface area contributed by atoms with Crippen molar-refractivity contribution in [2.24, 2.45) is 0 Å². The van der Waals surface area contributed by atoms with E-state index in [2.05, 4.69) is 6.92 Å². The SMILES string of the molecule is CC1=CC[N+]([O-])(c2ccccc2)c2ccccc21. The van der Waals surface area contributed by atoms with Crippen LogP contribution in [0.3, 0.4) is 0 Å². The first-order valence-electron chi connectivity index (χ1n) is 6.13. The van der Waals surface area contributed by atoms with Crippen LogP contribution in [0.4, 0.5) is 11.4 Å². The lowest BCUT2D eigenvalue weighted by Crippen LogP contribution is -2.40. The molecule has 2 nitrogen and oxygen atoms in total. The minimum absolute atomic E-state index is 0.394. The second-order valence-electron chi connectivity index (χ2n) is 4.66. The van der Waals surface area contributed by atoms with Crippen molar-refractivity contribution in [1.82, 2.24) is 4.65 Å². The van der Waals surface area contributed by atoms with E-state index in [0.717, 1.165) is 16.9 Å². The van der Waals surface area contributed by atoms with E-state index in [1.807, 2.05) is 60.7 Å². The molecule has 0 aliphatic carbocycles. The molecule has 1 aliphatic rings. The Morgan fingerprint density at radius 3 is 2.39 bits per heavy atom. The molecule has 1 aliphatic heterocycles. The monoisotopic (exact) mass is 237 g/mol. The Hall–Kier alpha value is -1.90. The number of allylic oxidation sites excluding steroid dienone is 1. The van der Waals surface area contributed by atoms with Gasteiger partial charge >= 0.3 is 0 Å². The molecule has 0 aromatic heterocycles. The zero-order valence-corrected chi connectivity index (χ0v) is 10.3. The molecule has 0 amide bonds. The second-order valence-corrected chi connectivity index (χ2v) is 4.66. The molecule has 2 aromatic carbocycles. The Kier molecular flexibility index (Phi) is 2.54. The molecule has 0 saturated heterocycles. The van der Waals surface area contributed by atoms with Gasteiger partial charge in [-0.3, -0.25) is 4.65 Å². The number of hydroxylamine groups is 1. The molecule has 1 unspecified atom stereocenters. The Morgan fingerprint density at radius 2 is 1.61 bits per heavy atom. The summed E-state index contributed by atoms with van der Waals surface area (Å²) >= 11 is 0. The van der Waals surface area contributed by atoms with Gasteiger partial charge in [0.25, 0.3) is 0 Å². The fourth-order valence-electron chi connectivity index (χ4n) is 2.51. The summed E-state index contributed by atoms with van der Waals surface area (Å²) in [7, 11) is 0. The van der Waals surface area contributed by atoms with Crippen LogP contribution in [0, 0.1) is 5.21 Å². The molecule has 0 bridgehead atoms. The number of nitrogens with zero attached hydrogens (tertiary/aromatic N) is 1. The van der Waals surface area contributed by atoms with E-state index >= 15 is 0 Å². The number of hydrogen-bond acceptors (Lipinski definition) is 1. The summed E-state index contributed by atoms with van der Waals surface area (Å²) in [5.41, 5.74) is 3.87. The minimum Gasteiger partial charge on any atom is -0.622 e. The van der Waals surface area contributed by atoms with E-state index in [4.69, 9.17) is 0 Å². The first-order valence-corrected chi connectivity index (χ1v) is 6.13. The average Bonchev–Trinajstić information content (AvgIpc) is 2.44. The van der Waals surface area contributed by atoms with Crippen LogP contribution in [0.5, 0.6) is 0 Å². The topological polar surface area (TPSA) is 23.1 Å². The van der Waals surface area contributed by atoms with E-state index in [0.29, 0.717) is 6.54 Å². The van der Waals surface area contributed by atoms with E-state index < -0.39 is 4.65 Å². The predicted molar refractivity (Wildman–Crippen MR) is 76.2 cm³/mol. The van der Waals surface area contributed by atoms with Gasteiger partial charge in [-0.15, -0.1) is 0 Å². The lowest BCUT2D eigenvalue weighted by molar-refractivity contribution is 0.554. The van der Waals surface area contributed by atoms with Gasteiger partial charge in [-0.1, -0.05) is 30.3 Å². The van der Waals surface area contributed by atoms with Crippen LogP contribution in [0.1, 0.15) is 12.5 Å². The average molecular weight is 237 g/mol. The number of rotatable bonds is 1. The van der Waals surface area contributed by atoms with Crippen LogP contribution in [0.2, 0.25) is 0 Å². The Morgan fingerprint density at radius 1 is 0.944 bits per heavy atom. The quantitative estimate of drug-likeness (QED) is 0.537. The van der Waals surface area contributed by atoms with Crippen molar-refractivity contribution in [2.45, 2.75) is 6.92 Å². The van der Waals surface area contributed by atoms with Crippen LogP contribution in [0.25, 0.3) is 5.57 Å². The van der Waals surface area contributed by atoms with Crippen molar-refractivity contribution < 1.29 is 0 Å². The molecule has 1 heterocycles. The van der Waals surface area contributed by atoms with E-state index in [9.17, 15) is 5.21 Å². The lowest BCUT2D eigenvalue weighted by atomic mass is 9.99. The molecule has 0 radical (unpaired) electrons. The van der Waals surface area contributed by atoms with E-state index in [1.165, 1.54) is 5.57 Å². The lowest BCUT2D eigenvalue weighted by Gasteiger charge is -2.44. The van der Waals surface area contributed by atoms with Crippen LogP contribution in [0.15, 0.2) is 60.7 Å². The summed E-state index contributed by atoms with van der Waals surface area (Å²) in [4.78, 5) is 0. The summed E-state index contributed by atoms with van der Waals surface area (Å²) in [5.74, 6) is 0. The number of para-hydroxylation sites is 2. The molecule has 1 atom stereocenters. The van der Waals surface area contributed by atoms with Crippen molar-refractivity contribution in [3.8, 4) is 0 Å². The van der Waals surface area contributed by atoms with Crippen molar-refractivity contribution in [3.05, 3.63) is 71.4 Å². The maximum absolute atomic E-state index is 13.2. The normalized spacial score (nSPS) is 22.2. The highest BCUT2D eigenvalue weighted by molar-refractivity contribution is 5.80. The van der Waals surface area contributed by atoms with Crippen LogP contribution in [-0.4, -0.2) is 6.54 Å². The summed E-state index contributed by atoms with van der Waals surface area (Å²) < 4.78 is -0.394. The van der Waals surface area contributed by atoms with Gasteiger partial charge in [-0.2, -0.15) is 0 Å². The standard InChI is InChI=1S/C16H15NO/c1-13-11-12-17(18,14-7-3-2-4-8-14)16-10-6-5-9-15(13)16/h2-11H,12H2,1H3. The van der Waals surface area contributed by atoms with Gasteiger partial charge in [0.15, 0.2) is 0 Å². The van der Waals surface area contributed by atoms with Gasteiger partial charge in [0.1, 0.15) is 17.9 Å². The van der Waals surface area contributed by atoms with E-state index in [1.54, 1.807) is 0 Å². The number of hydrogen-bond donors (Lipinski definition) is 0. The first kappa shape index (κ1) is 11.2. The van der Waals surface area contributed by atoms with Gasteiger partial charge in [-0.05, 0) is 36.8 Å². The van der Waals surface area contributed by atoms with Crippen molar-refractivity contribution in [1.29, 1.82) is 0 Å². The molecule has 2 heteroatoms. The maximum atomic E-state index is 13.2. The maximum Gasteiger partial charge on any atom is 0.145 e. The zero-order valence-electron chi connectivity index (χ0n) is 10.3. The highest BCUT2D eigenvalue weighted by Gasteiger charge is 2.29. The van der Waals surface area contributed by atoms with Gasteiger partial charge in [0, 0.05) is 11.6 Å². The van der Waals surface area contributed by atoms with Crippen molar-refractivity contribution in [2.75, 3.05) is 6.54 Å². The molecule has 0 N–H and O–H groups in total. The molecule has 0 saturated carbocycles. The van der Waals surface area contributed by atoms with Gasteiger partial charge in [0.05, 0.1) is 0 Å². The largest absolute Gasteiger partial charge is 0.622 e. The molecule has 90 valence electrons. The van der Waals surface area contributed by atoms with Gasteiger partial charge in [-0.25, -0.2) is 0 Å². The Labute approximate surface area is 107 Å². The minimum atomic E-state index is -0.394. The Balaban J connectivity index is 2.21. The van der Waals surface area contributed by atoms with E-state index in [-0.39, 0.29) is 0 Å². The third-order valence-electron chi connectivity index (χ3n) is 3.55. The predicted octanol–water partition coefficient (Wildman–Crippen LogP) is 4.24. The highest BCUT2D eigenvalue weighted by Crippen LogP contribution is 2.41. The molecule has 0 spiro atoms. The number of quaternary nitrogens is 1. The summed E-state index contributed by atoms with van der Waals surface area (Å²) in [6.07, 6.45) is 2.03. The van der Waals surface area contributed by atoms with Crippen LogP contribution >= 0.6 is 0 Å². The fourth-order valence-corrected chi connectivity index (χ4v) is 2.51. The zero-order chi connectivity index (χ0) is 12.6. The summed E-state index contributed by atoms with van der Waals surface area (Å²) in [5, 5.41) is 13.2. The van der Waals surface area contributed by atoms with Gasteiger partial charge in [0.2, 0.25) is 0 Å². The Bertz CT molecular complexity index is 604. The third kappa shape index (κ3) is 1.58. The summed E-state index contributed by atoms with van der Waals surface area (Å²) in [6.45, 7) is 2.53. The highest BCUT2D eigenvalue weighted by atomic mass is 16.5. The fraction of sp³-hybridized carbons (Fsp3) is 0.125. The molecule has 2 aromatic rings. The molecular weight excluding hydrogens is 222 g/mol. The number of fused-ring (bicyclic) bond motifs is 1. The first-order chi connectivity index (χ1) is 8.72. The molecular formula is C16H15NO. The third-order valence-corrected chi connectivity index (χ3v) is 3.55. The molecule has 0 fully saturated rings. The molecule has 3 rings (SSSR count). The smallest absolute Gasteiger partial charge is 0.145 e. The molecule has 18 heavy (non-hydrogen) atoms. The second kappa shape index (κ2) is 4.09.